The molecule has 9 nitrogen and oxygen atoms in total. The van der Waals surface area contributed by atoms with E-state index in [-0.39, 0.29) is 0 Å². The van der Waals surface area contributed by atoms with E-state index in [9.17, 15) is 0 Å². The predicted octanol–water partition coefficient (Wildman–Crippen LogP) is 3.48. The second-order valence-corrected chi connectivity index (χ2v) is 7.10. The highest BCUT2D eigenvalue weighted by atomic mass is 79.9. The Morgan fingerprint density at radius 2 is 1.73 bits per heavy atom. The fraction of sp³-hybridized carbons (Fsp3) is 0.263. The summed E-state index contributed by atoms with van der Waals surface area (Å²) in [5, 5.41) is 10.6. The molecule has 3 N–H and O–H groups in total. The molecule has 0 aliphatic rings. The lowest BCUT2D eigenvalue weighted by Crippen LogP contribution is -2.30. The molecule has 0 radical (unpaired) electrons. The summed E-state index contributed by atoms with van der Waals surface area (Å²) in [6.07, 6.45) is 1.63. The van der Waals surface area contributed by atoms with Crippen molar-refractivity contribution < 1.29 is 14.2 Å². The van der Waals surface area contributed by atoms with E-state index in [1.54, 1.807) is 45.7 Å². The van der Waals surface area contributed by atoms with Gasteiger partial charge in [0.15, 0.2) is 28.1 Å². The number of nitrogens with one attached hydrogen (secondary N) is 3. The highest BCUT2D eigenvalue weighted by molar-refractivity contribution is 9.09. The Morgan fingerprint density at radius 1 is 1.03 bits per heavy atom. The zero-order chi connectivity index (χ0) is 21.5. The van der Waals surface area contributed by atoms with Gasteiger partial charge in [0.1, 0.15) is 11.3 Å². The second-order valence-electron chi connectivity index (χ2n) is 5.90. The molecule has 0 atom stereocenters. The molecule has 0 saturated heterocycles. The van der Waals surface area contributed by atoms with Crippen LogP contribution in [0.2, 0.25) is 0 Å². The number of nitrogens with zero attached hydrogens (tertiary/aromatic N) is 3. The lowest BCUT2D eigenvalue weighted by molar-refractivity contribution is 0.324. The highest BCUT2D eigenvalue weighted by Crippen LogP contribution is 2.40. The Morgan fingerprint density at radius 3 is 2.37 bits per heavy atom. The van der Waals surface area contributed by atoms with Gasteiger partial charge in [0.2, 0.25) is 5.75 Å². The van der Waals surface area contributed by atoms with Crippen LogP contribution in [-0.2, 0) is 0 Å². The zero-order valence-electron chi connectivity index (χ0n) is 16.7. The van der Waals surface area contributed by atoms with Gasteiger partial charge in [-0.15, -0.1) is 0 Å². The summed E-state index contributed by atoms with van der Waals surface area (Å²) in [5.41, 5.74) is 1.84. The van der Waals surface area contributed by atoms with Crippen LogP contribution < -0.4 is 30.2 Å². The molecule has 1 aromatic carbocycles. The van der Waals surface area contributed by atoms with Crippen LogP contribution in [0.5, 0.6) is 17.2 Å². The number of anilines is 3. The lowest BCUT2D eigenvalue weighted by atomic mass is 10.2. The third kappa shape index (κ3) is 5.16. The molecule has 3 aromatic rings. The Bertz CT molecular complexity index is 1030. The molecule has 2 heterocycles. The molecule has 0 bridgehead atoms. The Hall–Kier alpha value is -2.92. The molecular weight excluding hydrogens is 472 g/mol. The first-order valence-corrected chi connectivity index (χ1v) is 10.4. The first-order valence-electron chi connectivity index (χ1n) is 8.89. The van der Waals surface area contributed by atoms with Crippen molar-refractivity contribution in [1.82, 2.24) is 20.3 Å². The number of hydrogen-bond donors (Lipinski definition) is 3. The minimum Gasteiger partial charge on any atom is -0.493 e. The van der Waals surface area contributed by atoms with Gasteiger partial charge in [-0.25, -0.2) is 15.0 Å². The zero-order valence-corrected chi connectivity index (χ0v) is 19.1. The highest BCUT2D eigenvalue weighted by Gasteiger charge is 2.14. The van der Waals surface area contributed by atoms with Gasteiger partial charge in [-0.1, -0.05) is 15.9 Å². The molecule has 2 aromatic heterocycles. The number of thiocarbonyl (C=S) groups is 1. The Balaban J connectivity index is 1.85. The second kappa shape index (κ2) is 10.2. The van der Waals surface area contributed by atoms with Crippen LogP contribution in [0.1, 0.15) is 0 Å². The average Bonchev–Trinajstić information content (AvgIpc) is 2.76. The lowest BCUT2D eigenvalue weighted by Gasteiger charge is -2.15. The summed E-state index contributed by atoms with van der Waals surface area (Å²) in [6.45, 7) is 0.710. The standard InChI is InChI=1S/C19H21BrN6O3S/c1-27-13-8-11(9-14(28-2)17(13)29-3)23-16-10-22-12-4-5-15(24-18(12)25-16)26-19(30)21-7-6-20/h4-5,8-10H,6-7H2,1-3H3,(H3,21,23,24,25,26,30). The van der Waals surface area contributed by atoms with Crippen molar-refractivity contribution in [3.05, 3.63) is 30.5 Å². The van der Waals surface area contributed by atoms with Crippen LogP contribution in [0.15, 0.2) is 30.5 Å². The van der Waals surface area contributed by atoms with Crippen LogP contribution >= 0.6 is 28.1 Å². The minimum absolute atomic E-state index is 0.473. The molecule has 0 amide bonds. The Kier molecular flexibility index (Phi) is 7.41. The normalized spacial score (nSPS) is 10.4. The van der Waals surface area contributed by atoms with Crippen molar-refractivity contribution in [1.29, 1.82) is 0 Å². The fourth-order valence-corrected chi connectivity index (χ4v) is 3.05. The van der Waals surface area contributed by atoms with Gasteiger partial charge in [0.25, 0.3) is 0 Å². The molecule has 0 unspecified atom stereocenters. The van der Waals surface area contributed by atoms with Crippen LogP contribution in [0.3, 0.4) is 0 Å². The van der Waals surface area contributed by atoms with E-state index in [0.717, 1.165) is 5.33 Å². The van der Waals surface area contributed by atoms with E-state index in [4.69, 9.17) is 26.4 Å². The minimum atomic E-state index is 0.473. The number of ether oxygens (including phenoxy) is 3. The third-order valence-electron chi connectivity index (χ3n) is 3.97. The molecule has 0 aliphatic carbocycles. The molecule has 0 fully saturated rings. The quantitative estimate of drug-likeness (QED) is 0.319. The number of fused-ring (bicyclic) bond motifs is 1. The Labute approximate surface area is 187 Å². The van der Waals surface area contributed by atoms with E-state index in [0.29, 0.717) is 57.4 Å². The largest absolute Gasteiger partial charge is 0.493 e. The third-order valence-corrected chi connectivity index (χ3v) is 4.61. The van der Waals surface area contributed by atoms with E-state index < -0.39 is 0 Å². The van der Waals surface area contributed by atoms with Gasteiger partial charge in [-0.05, 0) is 24.4 Å². The number of aromatic nitrogens is 3. The van der Waals surface area contributed by atoms with Gasteiger partial charge >= 0.3 is 0 Å². The maximum Gasteiger partial charge on any atom is 0.203 e. The topological polar surface area (TPSA) is 102 Å². The van der Waals surface area contributed by atoms with Gasteiger partial charge in [0, 0.05) is 29.7 Å². The summed E-state index contributed by atoms with van der Waals surface area (Å²) < 4.78 is 16.1. The van der Waals surface area contributed by atoms with E-state index in [2.05, 4.69) is 46.8 Å². The molecule has 30 heavy (non-hydrogen) atoms. The first kappa shape index (κ1) is 21.8. The van der Waals surface area contributed by atoms with Crippen LogP contribution in [0.4, 0.5) is 17.3 Å². The van der Waals surface area contributed by atoms with Gasteiger partial charge in [-0.2, -0.15) is 0 Å². The van der Waals surface area contributed by atoms with Crippen molar-refractivity contribution in [3.8, 4) is 17.2 Å². The smallest absolute Gasteiger partial charge is 0.203 e. The molecule has 0 spiro atoms. The van der Waals surface area contributed by atoms with Crippen molar-refractivity contribution in [2.24, 2.45) is 0 Å². The maximum atomic E-state index is 5.39. The van der Waals surface area contributed by atoms with Crippen molar-refractivity contribution in [2.45, 2.75) is 0 Å². The van der Waals surface area contributed by atoms with Crippen LogP contribution in [-0.4, -0.2) is 53.3 Å². The summed E-state index contributed by atoms with van der Waals surface area (Å²) in [7, 11) is 4.68. The number of benzene rings is 1. The maximum absolute atomic E-state index is 5.39. The predicted molar refractivity (Wildman–Crippen MR) is 125 cm³/mol. The number of alkyl halides is 1. The van der Waals surface area contributed by atoms with Crippen LogP contribution in [0.25, 0.3) is 11.2 Å². The van der Waals surface area contributed by atoms with Crippen LogP contribution in [0, 0.1) is 0 Å². The summed E-state index contributed by atoms with van der Waals surface area (Å²) in [4.78, 5) is 13.4. The fourth-order valence-electron chi connectivity index (χ4n) is 2.65. The summed E-state index contributed by atoms with van der Waals surface area (Å²) >= 11 is 8.58. The van der Waals surface area contributed by atoms with Crippen molar-refractivity contribution in [3.63, 3.8) is 0 Å². The number of rotatable bonds is 8. The number of hydrogen-bond acceptors (Lipinski definition) is 8. The molecule has 0 aliphatic heterocycles. The van der Waals surface area contributed by atoms with Crippen molar-refractivity contribution in [2.75, 3.05) is 43.8 Å². The molecule has 0 saturated carbocycles. The molecule has 158 valence electrons. The first-order chi connectivity index (χ1) is 14.6. The van der Waals surface area contributed by atoms with Gasteiger partial charge in [0.05, 0.1) is 27.5 Å². The number of halogens is 1. The monoisotopic (exact) mass is 492 g/mol. The molecule has 11 heteroatoms. The number of methoxy groups -OCH3 is 3. The van der Waals surface area contributed by atoms with E-state index >= 15 is 0 Å². The average molecular weight is 493 g/mol. The van der Waals surface area contributed by atoms with E-state index in [1.165, 1.54) is 0 Å². The summed E-state index contributed by atoms with van der Waals surface area (Å²) in [5.74, 6) is 2.66. The molecule has 3 rings (SSSR count). The van der Waals surface area contributed by atoms with Crippen molar-refractivity contribution >= 4 is 61.7 Å². The number of pyridine rings is 1. The van der Waals surface area contributed by atoms with E-state index in [1.807, 2.05) is 6.07 Å². The molecular formula is C19H21BrN6O3S. The van der Waals surface area contributed by atoms with Gasteiger partial charge in [-0.3, -0.25) is 0 Å². The summed E-state index contributed by atoms with van der Waals surface area (Å²) in [6, 6.07) is 7.19. The SMILES string of the molecule is COc1cc(Nc2cnc3ccc(NC(=S)NCCBr)nc3n2)cc(OC)c1OC. The van der Waals surface area contributed by atoms with Gasteiger partial charge < -0.3 is 30.2 Å².